The van der Waals surface area contributed by atoms with E-state index in [0.717, 1.165) is 116 Å². The van der Waals surface area contributed by atoms with Crippen LogP contribution in [0, 0.1) is 0 Å². The van der Waals surface area contributed by atoms with Crippen molar-refractivity contribution in [2.24, 2.45) is 0 Å². The molecule has 2 aliphatic heterocycles. The van der Waals surface area contributed by atoms with Crippen LogP contribution in [-0.4, -0.2) is 26.2 Å². The number of hydrogen-bond acceptors (Lipinski definition) is 5. The molecule has 0 amide bonds. The maximum atomic E-state index is 9.79. The van der Waals surface area contributed by atoms with Crippen molar-refractivity contribution in [2.75, 3.05) is 9.80 Å². The van der Waals surface area contributed by atoms with Crippen LogP contribution in [0.4, 0.5) is 34.1 Å². The first-order valence-electron chi connectivity index (χ1n) is 46.7. The molecular formula is C107H97BN6. The lowest BCUT2D eigenvalue weighted by molar-refractivity contribution is 0.590. The molecule has 558 valence electrons. The van der Waals surface area contributed by atoms with Gasteiger partial charge < -0.3 is 14.4 Å². The van der Waals surface area contributed by atoms with E-state index in [0.29, 0.717) is 45.1 Å². The van der Waals surface area contributed by atoms with Crippen LogP contribution in [0.1, 0.15) is 152 Å². The Bertz CT molecular complexity index is 7100. The number of rotatable bonds is 11. The second-order valence-corrected chi connectivity index (χ2v) is 35.4. The first-order valence-corrected chi connectivity index (χ1v) is 39.2. The number of nitrogens with zero attached hydrogens (tertiary/aromatic N) is 6. The normalized spacial score (nSPS) is 14.8. The summed E-state index contributed by atoms with van der Waals surface area (Å²) >= 11 is 0. The Labute approximate surface area is 694 Å². The van der Waals surface area contributed by atoms with Crippen molar-refractivity contribution >= 4 is 79.0 Å². The molecule has 2 aromatic heterocycles. The van der Waals surface area contributed by atoms with Gasteiger partial charge >= 0.3 is 0 Å². The van der Waals surface area contributed by atoms with Gasteiger partial charge in [0.25, 0.3) is 6.71 Å². The number of fused-ring (bicyclic) bond motifs is 7. The van der Waals surface area contributed by atoms with E-state index in [9.17, 15) is 16.4 Å². The zero-order valence-corrected chi connectivity index (χ0v) is 67.1. The molecule has 0 N–H and O–H groups in total. The van der Waals surface area contributed by atoms with Crippen molar-refractivity contribution in [1.29, 1.82) is 0 Å². The van der Waals surface area contributed by atoms with Crippen LogP contribution in [0.2, 0.25) is 0 Å². The van der Waals surface area contributed by atoms with E-state index in [2.05, 4.69) is 258 Å². The summed E-state index contributed by atoms with van der Waals surface area (Å²) in [6, 6.07) is 69.9. The van der Waals surface area contributed by atoms with Gasteiger partial charge in [-0.2, -0.15) is 0 Å². The van der Waals surface area contributed by atoms with Gasteiger partial charge in [0, 0.05) is 72.6 Å². The SMILES string of the molecule is [2H]c1c([2H])c([2H])c(-c2ccc3c(c2)N(c2c(-c4ccccc4)cc(C(C)(C)C)cc2-c2ccccc2)c2cc(-c4cccc(C(C)(C)C)c4)cc4c2B3c2ccc(-n3c5ccc(C(C)(C)C)cc5c5cc(C(C)(C)C)ccc53)cc2N4c2c(-c3ccccc3)cc(C(C)(C)C)cc2-c2nc(-c3c([2H])c([2H])c([2H])c([2H])c3[2H])nc(-c3c([2H])c([2H])c([2H])c([2H])c3[2H])n2)c([2H])c1[2H]. The summed E-state index contributed by atoms with van der Waals surface area (Å²) in [5.74, 6) is -1.01. The molecule has 0 radical (unpaired) electrons. The molecule has 0 spiro atoms. The maximum absolute atomic E-state index is 9.79. The molecule has 2 aliphatic rings. The molecule has 114 heavy (non-hydrogen) atoms. The fourth-order valence-corrected chi connectivity index (χ4v) is 16.5. The van der Waals surface area contributed by atoms with Gasteiger partial charge in [-0.05, 0) is 189 Å². The van der Waals surface area contributed by atoms with Crippen molar-refractivity contribution in [3.05, 3.63) is 343 Å². The zero-order chi connectivity index (χ0) is 92.0. The fraction of sp³-hybridized carbons (Fsp3) is 0.187. The molecule has 18 rings (SSSR count). The lowest BCUT2D eigenvalue weighted by Gasteiger charge is -2.46. The van der Waals surface area contributed by atoms with Crippen molar-refractivity contribution in [1.82, 2.24) is 19.5 Å². The van der Waals surface area contributed by atoms with Gasteiger partial charge in [-0.1, -0.05) is 340 Å². The molecule has 4 heterocycles. The van der Waals surface area contributed by atoms with E-state index < -0.39 is 119 Å². The van der Waals surface area contributed by atoms with E-state index >= 15 is 0 Å². The fourth-order valence-electron chi connectivity index (χ4n) is 16.5. The second kappa shape index (κ2) is 27.7. The lowest BCUT2D eigenvalue weighted by Crippen LogP contribution is -2.61. The molecule has 7 heteroatoms. The van der Waals surface area contributed by atoms with Crippen LogP contribution in [0.25, 0.3) is 117 Å². The van der Waals surface area contributed by atoms with Gasteiger partial charge in [0.05, 0.1) is 43.0 Å². The van der Waals surface area contributed by atoms with E-state index in [-0.39, 0.29) is 39.7 Å². The number of anilines is 6. The highest BCUT2D eigenvalue weighted by atomic mass is 15.2. The summed E-state index contributed by atoms with van der Waals surface area (Å²) in [6.45, 7) is 32.1. The summed E-state index contributed by atoms with van der Waals surface area (Å²) in [7, 11) is 0. The standard InChI is InChI=1S/C107H97BN6/c1-103(2,3)77-48-34-47-74(57-77)76-59-95-97-96(60-76)114(99-85(71-41-28-19-29-42-71)65-81(107(13,14)15)66-88(99)102-110-100(72-43-30-20-31-44-72)109-101(111-102)73-45-32-21-33-46-73)94-67-82(112-91-55-50-78(104(4,5)6)61-86(91)87-62-79(105(7,8)9)51-56-92(87)112)52-54-90(94)108(97)89-53-49-75(68-35-22-16-23-36-68)58-93(89)113(95)98-83(69-37-24-17-25-38-69)63-80(106(10,11)12)64-84(98)70-39-26-18-27-40-70/h16-67H,1-15H3/i16D,20D,21D,22D,23D,30D,31D,32D,33D,35D,36D,43D,44D,45D,46D. The van der Waals surface area contributed by atoms with Crippen molar-refractivity contribution in [3.8, 4) is 95.5 Å². The Balaban J connectivity index is 1.09. The van der Waals surface area contributed by atoms with Gasteiger partial charge in [-0.15, -0.1) is 0 Å². The molecule has 0 bridgehead atoms. The van der Waals surface area contributed by atoms with Crippen LogP contribution in [0.15, 0.2) is 315 Å². The van der Waals surface area contributed by atoms with Gasteiger partial charge in [0.1, 0.15) is 0 Å². The van der Waals surface area contributed by atoms with E-state index in [1.165, 1.54) is 0 Å². The smallest absolute Gasteiger partial charge is 0.252 e. The first-order chi connectivity index (χ1) is 60.9. The lowest BCUT2D eigenvalue weighted by atomic mass is 9.33. The molecule has 14 aromatic carbocycles. The van der Waals surface area contributed by atoms with E-state index in [1.807, 2.05) is 84.9 Å². The average Bonchev–Trinajstić information content (AvgIpc) is 1.09. The van der Waals surface area contributed by atoms with Gasteiger partial charge in [-0.3, -0.25) is 0 Å². The molecule has 0 saturated heterocycles. The highest BCUT2D eigenvalue weighted by Gasteiger charge is 2.47. The minimum Gasteiger partial charge on any atom is -0.310 e. The predicted octanol–water partition coefficient (Wildman–Crippen LogP) is 26.9. The quantitative estimate of drug-likeness (QED) is 0.121. The maximum Gasteiger partial charge on any atom is 0.252 e. The van der Waals surface area contributed by atoms with Crippen molar-refractivity contribution in [3.63, 3.8) is 0 Å². The van der Waals surface area contributed by atoms with Crippen molar-refractivity contribution < 1.29 is 20.6 Å². The van der Waals surface area contributed by atoms with E-state index in [4.69, 9.17) is 19.1 Å². The summed E-state index contributed by atoms with van der Waals surface area (Å²) in [6.07, 6.45) is 0. The molecule has 0 atom stereocenters. The molecule has 0 aliphatic carbocycles. The Morgan fingerprint density at radius 2 is 0.640 bits per heavy atom. The zero-order valence-electron chi connectivity index (χ0n) is 82.1. The van der Waals surface area contributed by atoms with Gasteiger partial charge in [-0.25, -0.2) is 15.0 Å². The third kappa shape index (κ3) is 13.1. The monoisotopic (exact) mass is 1490 g/mol. The molecule has 16 aromatic rings. The summed E-state index contributed by atoms with van der Waals surface area (Å²) in [4.78, 5) is 20.4. The number of aromatic nitrogens is 4. The molecule has 0 saturated carbocycles. The topological polar surface area (TPSA) is 50.1 Å². The second-order valence-electron chi connectivity index (χ2n) is 35.4. The Morgan fingerprint density at radius 3 is 1.09 bits per heavy atom. The van der Waals surface area contributed by atoms with Crippen LogP contribution < -0.4 is 26.2 Å². The molecule has 6 nitrogen and oxygen atoms in total. The molecule has 0 fully saturated rings. The number of benzene rings is 14. The number of hydrogen-bond donors (Lipinski definition) is 0. The third-order valence-corrected chi connectivity index (χ3v) is 22.6. The van der Waals surface area contributed by atoms with Crippen molar-refractivity contribution in [2.45, 2.75) is 131 Å². The minimum absolute atomic E-state index is 0.0235. The summed E-state index contributed by atoms with van der Waals surface area (Å²) in [5, 5.41) is 2.11. The van der Waals surface area contributed by atoms with Gasteiger partial charge in [0.2, 0.25) is 0 Å². The highest BCUT2D eigenvalue weighted by molar-refractivity contribution is 7.00. The summed E-state index contributed by atoms with van der Waals surface area (Å²) < 4.78 is 143. The predicted molar refractivity (Wildman–Crippen MR) is 485 cm³/mol. The molecular weight excluding hydrogens is 1380 g/mol. The minimum atomic E-state index is -0.734. The van der Waals surface area contributed by atoms with Crippen LogP contribution in [0.3, 0.4) is 0 Å². The Kier molecular flexibility index (Phi) is 14.0. The van der Waals surface area contributed by atoms with Gasteiger partial charge in [0.15, 0.2) is 17.5 Å². The van der Waals surface area contributed by atoms with E-state index in [1.54, 1.807) is 0 Å². The Hall–Kier alpha value is -12.4. The Morgan fingerprint density at radius 1 is 0.272 bits per heavy atom. The van der Waals surface area contributed by atoms with Crippen LogP contribution in [0.5, 0.6) is 0 Å². The average molecular weight is 1490 g/mol. The third-order valence-electron chi connectivity index (χ3n) is 22.6. The van der Waals surface area contributed by atoms with Crippen LogP contribution >= 0.6 is 0 Å². The largest absolute Gasteiger partial charge is 0.310 e. The first kappa shape index (κ1) is 57.6. The summed E-state index contributed by atoms with van der Waals surface area (Å²) in [5.41, 5.74) is 18.7. The van der Waals surface area contributed by atoms with Crippen LogP contribution in [-0.2, 0) is 27.1 Å². The molecule has 0 unspecified atom stereocenters. The highest BCUT2D eigenvalue weighted by Crippen LogP contribution is 2.56.